The minimum Gasteiger partial charge on any atom is -0.353 e. The largest absolute Gasteiger partial charge is 0.353 e. The third-order valence-corrected chi connectivity index (χ3v) is 5.04. The molecule has 0 amide bonds. The van der Waals surface area contributed by atoms with E-state index in [1.165, 1.54) is 6.08 Å². The number of anilines is 1. The summed E-state index contributed by atoms with van der Waals surface area (Å²) in [7, 11) is 0. The van der Waals surface area contributed by atoms with Crippen molar-refractivity contribution in [3.63, 3.8) is 0 Å². The highest BCUT2D eigenvalue weighted by molar-refractivity contribution is 5.59. The molecule has 0 spiro atoms. The zero-order valence-electron chi connectivity index (χ0n) is 16.4. The van der Waals surface area contributed by atoms with Gasteiger partial charge in [0.05, 0.1) is 11.8 Å². The molecule has 3 aromatic carbocycles. The van der Waals surface area contributed by atoms with Crippen LogP contribution in [0.4, 0.5) is 5.82 Å². The van der Waals surface area contributed by atoms with Gasteiger partial charge >= 0.3 is 0 Å². The summed E-state index contributed by atoms with van der Waals surface area (Å²) in [6, 6.07) is 39.0. The first-order valence-corrected chi connectivity index (χ1v) is 9.81. The quantitative estimate of drug-likeness (QED) is 0.325. The topological polar surface area (TPSA) is 48.7 Å². The Balaban J connectivity index is 1.94. The number of aromatic nitrogens is 1. The third kappa shape index (κ3) is 3.85. The summed E-state index contributed by atoms with van der Waals surface area (Å²) < 4.78 is 0. The van der Waals surface area contributed by atoms with E-state index < -0.39 is 5.54 Å². The van der Waals surface area contributed by atoms with E-state index in [9.17, 15) is 0 Å². The molecule has 0 aliphatic heterocycles. The van der Waals surface area contributed by atoms with Crippen LogP contribution in [0.5, 0.6) is 0 Å². The molecule has 4 rings (SSSR count). The zero-order valence-corrected chi connectivity index (χ0v) is 16.4. The third-order valence-electron chi connectivity index (χ3n) is 5.04. The van der Waals surface area contributed by atoms with E-state index in [-0.39, 0.29) is 0 Å². The number of nitriles is 1. The molecule has 1 heterocycles. The van der Waals surface area contributed by atoms with Crippen molar-refractivity contribution < 1.29 is 0 Å². The Morgan fingerprint density at radius 3 is 1.63 bits per heavy atom. The first kappa shape index (κ1) is 19.2. The second-order valence-corrected chi connectivity index (χ2v) is 6.88. The molecular formula is C27H21N3. The van der Waals surface area contributed by atoms with Crippen molar-refractivity contribution in [2.75, 3.05) is 5.32 Å². The number of hydrogen-bond donors (Lipinski definition) is 1. The average molecular weight is 387 g/mol. The lowest BCUT2D eigenvalue weighted by atomic mass is 9.77. The van der Waals surface area contributed by atoms with Gasteiger partial charge in [0, 0.05) is 6.08 Å². The summed E-state index contributed by atoms with van der Waals surface area (Å²) in [6.07, 6.45) is 3.14. The van der Waals surface area contributed by atoms with Crippen LogP contribution in [0.2, 0.25) is 0 Å². The maximum atomic E-state index is 8.85. The molecular weight excluding hydrogens is 366 g/mol. The van der Waals surface area contributed by atoms with Crippen LogP contribution in [0.15, 0.2) is 115 Å². The van der Waals surface area contributed by atoms with E-state index in [4.69, 9.17) is 10.2 Å². The van der Waals surface area contributed by atoms with Crippen LogP contribution in [0.25, 0.3) is 6.08 Å². The maximum absolute atomic E-state index is 8.85. The highest BCUT2D eigenvalue weighted by atomic mass is 15.1. The van der Waals surface area contributed by atoms with E-state index in [2.05, 4.69) is 78.1 Å². The fourth-order valence-corrected chi connectivity index (χ4v) is 3.71. The summed E-state index contributed by atoms with van der Waals surface area (Å²) in [6.45, 7) is 0. The second kappa shape index (κ2) is 8.89. The Morgan fingerprint density at radius 2 is 1.17 bits per heavy atom. The standard InChI is InChI=1S/C27H21N3/c28-21-11-19-25-18-10-20-26(29-25)30-27(22-12-4-1-5-13-22,23-14-6-2-7-15-23)24-16-8-3-9-17-24/h1-20H,(H,29,30). The zero-order chi connectivity index (χ0) is 20.7. The number of nitrogens with one attached hydrogen (secondary N) is 1. The van der Waals surface area contributed by atoms with E-state index in [1.807, 2.05) is 42.5 Å². The smallest absolute Gasteiger partial charge is 0.127 e. The van der Waals surface area contributed by atoms with Crippen molar-refractivity contribution in [3.05, 3.63) is 138 Å². The lowest BCUT2D eigenvalue weighted by Gasteiger charge is -2.37. The molecule has 3 nitrogen and oxygen atoms in total. The number of pyridine rings is 1. The van der Waals surface area contributed by atoms with Crippen LogP contribution < -0.4 is 5.32 Å². The Kier molecular flexibility index (Phi) is 5.68. The molecule has 0 radical (unpaired) electrons. The minimum atomic E-state index is -0.631. The summed E-state index contributed by atoms with van der Waals surface area (Å²) in [4.78, 5) is 4.72. The highest BCUT2D eigenvalue weighted by Gasteiger charge is 2.36. The van der Waals surface area contributed by atoms with Crippen molar-refractivity contribution in [2.45, 2.75) is 5.54 Å². The van der Waals surface area contributed by atoms with Crippen LogP contribution in [-0.2, 0) is 5.54 Å². The van der Waals surface area contributed by atoms with Gasteiger partial charge in [-0.3, -0.25) is 0 Å². The molecule has 0 aliphatic rings. The SMILES string of the molecule is N#CC=Cc1cccc(NC(c2ccccc2)(c2ccccc2)c2ccccc2)n1. The summed E-state index contributed by atoms with van der Waals surface area (Å²) in [5.41, 5.74) is 3.44. The number of nitrogens with zero attached hydrogens (tertiary/aromatic N) is 2. The van der Waals surface area contributed by atoms with Crippen molar-refractivity contribution in [3.8, 4) is 6.07 Å². The van der Waals surface area contributed by atoms with Crippen molar-refractivity contribution >= 4 is 11.9 Å². The molecule has 4 aromatic rings. The molecule has 30 heavy (non-hydrogen) atoms. The molecule has 144 valence electrons. The van der Waals surface area contributed by atoms with Crippen molar-refractivity contribution in [2.24, 2.45) is 0 Å². The summed E-state index contributed by atoms with van der Waals surface area (Å²) in [5, 5.41) is 12.6. The molecule has 0 aliphatic carbocycles. The lowest BCUT2D eigenvalue weighted by molar-refractivity contribution is 0.706. The van der Waals surface area contributed by atoms with Crippen LogP contribution in [0, 0.1) is 11.3 Å². The van der Waals surface area contributed by atoms with E-state index in [1.54, 1.807) is 6.08 Å². The molecule has 0 unspecified atom stereocenters. The Bertz CT molecular complexity index is 1060. The molecule has 0 bridgehead atoms. The summed E-state index contributed by atoms with van der Waals surface area (Å²) in [5.74, 6) is 0.728. The van der Waals surface area contributed by atoms with Gasteiger partial charge in [0.25, 0.3) is 0 Å². The number of benzene rings is 3. The van der Waals surface area contributed by atoms with Crippen LogP contribution in [0.3, 0.4) is 0 Å². The maximum Gasteiger partial charge on any atom is 0.127 e. The van der Waals surface area contributed by atoms with Crippen molar-refractivity contribution in [1.29, 1.82) is 5.26 Å². The van der Waals surface area contributed by atoms with E-state index >= 15 is 0 Å². The van der Waals surface area contributed by atoms with Crippen molar-refractivity contribution in [1.82, 2.24) is 4.98 Å². The van der Waals surface area contributed by atoms with Gasteiger partial charge in [-0.1, -0.05) is 97.1 Å². The molecule has 0 atom stereocenters. The number of hydrogen-bond acceptors (Lipinski definition) is 3. The minimum absolute atomic E-state index is 0.631. The van der Waals surface area contributed by atoms with Crippen LogP contribution >= 0.6 is 0 Å². The van der Waals surface area contributed by atoms with Gasteiger partial charge in [0.2, 0.25) is 0 Å². The Labute approximate surface area is 177 Å². The first-order chi connectivity index (χ1) is 14.8. The van der Waals surface area contributed by atoms with Gasteiger partial charge in [-0.25, -0.2) is 4.98 Å². The number of rotatable bonds is 6. The molecule has 0 saturated carbocycles. The van der Waals surface area contributed by atoms with Gasteiger partial charge in [-0.05, 0) is 34.9 Å². The van der Waals surface area contributed by atoms with E-state index in [0.717, 1.165) is 28.2 Å². The Hall–Kier alpha value is -4.16. The van der Waals surface area contributed by atoms with Gasteiger partial charge in [-0.15, -0.1) is 0 Å². The highest BCUT2D eigenvalue weighted by Crippen LogP contribution is 2.39. The molecule has 1 aromatic heterocycles. The second-order valence-electron chi connectivity index (χ2n) is 6.88. The summed E-state index contributed by atoms with van der Waals surface area (Å²) >= 11 is 0. The molecule has 0 saturated heterocycles. The van der Waals surface area contributed by atoms with Gasteiger partial charge < -0.3 is 5.32 Å². The van der Waals surface area contributed by atoms with Crippen LogP contribution in [0.1, 0.15) is 22.4 Å². The lowest BCUT2D eigenvalue weighted by Crippen LogP contribution is -2.38. The predicted molar refractivity (Wildman–Crippen MR) is 122 cm³/mol. The molecule has 0 fully saturated rings. The monoisotopic (exact) mass is 387 g/mol. The normalized spacial score (nSPS) is 11.2. The fraction of sp³-hybridized carbons (Fsp3) is 0.0370. The number of allylic oxidation sites excluding steroid dienone is 1. The average Bonchev–Trinajstić information content (AvgIpc) is 2.83. The van der Waals surface area contributed by atoms with Gasteiger partial charge in [0.15, 0.2) is 0 Å². The fourth-order valence-electron chi connectivity index (χ4n) is 3.71. The van der Waals surface area contributed by atoms with E-state index in [0.29, 0.717) is 0 Å². The van der Waals surface area contributed by atoms with Gasteiger partial charge in [0.1, 0.15) is 11.4 Å². The Morgan fingerprint density at radius 1 is 0.667 bits per heavy atom. The molecule has 3 heteroatoms. The predicted octanol–water partition coefficient (Wildman–Crippen LogP) is 6.02. The van der Waals surface area contributed by atoms with Gasteiger partial charge in [-0.2, -0.15) is 5.26 Å². The first-order valence-electron chi connectivity index (χ1n) is 9.81. The van der Waals surface area contributed by atoms with Crippen LogP contribution in [-0.4, -0.2) is 4.98 Å². The molecule has 1 N–H and O–H groups in total.